The number of nitrogens with zero attached hydrogens (tertiary/aromatic N) is 1. The summed E-state index contributed by atoms with van der Waals surface area (Å²) in [6.07, 6.45) is 3.92. The lowest BCUT2D eigenvalue weighted by molar-refractivity contribution is 0.158. The van der Waals surface area contributed by atoms with Crippen molar-refractivity contribution in [2.75, 3.05) is 20.1 Å². The van der Waals surface area contributed by atoms with Gasteiger partial charge < -0.3 is 10.2 Å². The van der Waals surface area contributed by atoms with Gasteiger partial charge in [0.1, 0.15) is 5.82 Å². The van der Waals surface area contributed by atoms with Gasteiger partial charge in [0.2, 0.25) is 0 Å². The number of hydrogen-bond acceptors (Lipinski definition) is 2. The Labute approximate surface area is 128 Å². The molecule has 0 bridgehead atoms. The molecule has 0 saturated heterocycles. The SMILES string of the molecule is CCNC1CCC(C)CC1CN(C)Cc1cccc(F)c1. The molecular formula is C18H29FN2. The van der Waals surface area contributed by atoms with Crippen molar-refractivity contribution in [2.24, 2.45) is 11.8 Å². The minimum Gasteiger partial charge on any atom is -0.314 e. The van der Waals surface area contributed by atoms with Crippen LogP contribution < -0.4 is 5.32 Å². The third kappa shape index (κ3) is 5.08. The highest BCUT2D eigenvalue weighted by atomic mass is 19.1. The Bertz CT molecular complexity index is 435. The molecule has 1 aromatic rings. The van der Waals surface area contributed by atoms with Crippen LogP contribution in [-0.2, 0) is 6.54 Å². The van der Waals surface area contributed by atoms with Crippen molar-refractivity contribution < 1.29 is 4.39 Å². The van der Waals surface area contributed by atoms with Crippen molar-refractivity contribution in [3.63, 3.8) is 0 Å². The topological polar surface area (TPSA) is 15.3 Å². The van der Waals surface area contributed by atoms with Gasteiger partial charge in [-0.15, -0.1) is 0 Å². The van der Waals surface area contributed by atoms with Crippen LogP contribution in [0.25, 0.3) is 0 Å². The van der Waals surface area contributed by atoms with Crippen molar-refractivity contribution in [3.05, 3.63) is 35.6 Å². The van der Waals surface area contributed by atoms with E-state index < -0.39 is 0 Å². The molecule has 0 aromatic heterocycles. The summed E-state index contributed by atoms with van der Waals surface area (Å²) in [6, 6.07) is 7.59. The Morgan fingerprint density at radius 1 is 1.33 bits per heavy atom. The maximum Gasteiger partial charge on any atom is 0.123 e. The van der Waals surface area contributed by atoms with Crippen LogP contribution in [0.15, 0.2) is 24.3 Å². The third-order valence-corrected chi connectivity index (χ3v) is 4.60. The highest BCUT2D eigenvalue weighted by Crippen LogP contribution is 2.29. The highest BCUT2D eigenvalue weighted by Gasteiger charge is 2.28. The van der Waals surface area contributed by atoms with Gasteiger partial charge in [0, 0.05) is 19.1 Å². The second-order valence-corrected chi connectivity index (χ2v) is 6.67. The molecule has 1 aliphatic carbocycles. The molecule has 118 valence electrons. The molecule has 21 heavy (non-hydrogen) atoms. The first kappa shape index (κ1) is 16.4. The van der Waals surface area contributed by atoms with Gasteiger partial charge in [-0.25, -0.2) is 4.39 Å². The van der Waals surface area contributed by atoms with Gasteiger partial charge in [-0.2, -0.15) is 0 Å². The van der Waals surface area contributed by atoms with E-state index in [4.69, 9.17) is 0 Å². The lowest BCUT2D eigenvalue weighted by Gasteiger charge is -2.37. The van der Waals surface area contributed by atoms with Crippen molar-refractivity contribution in [2.45, 2.75) is 45.7 Å². The molecule has 2 nitrogen and oxygen atoms in total. The molecule has 1 fully saturated rings. The van der Waals surface area contributed by atoms with E-state index in [0.29, 0.717) is 12.0 Å². The zero-order valence-electron chi connectivity index (χ0n) is 13.6. The van der Waals surface area contributed by atoms with Crippen molar-refractivity contribution in [3.8, 4) is 0 Å². The Hall–Kier alpha value is -0.930. The number of nitrogens with one attached hydrogen (secondary N) is 1. The number of rotatable bonds is 6. The molecule has 3 atom stereocenters. The second kappa shape index (κ2) is 7.90. The van der Waals surface area contributed by atoms with Crippen LogP contribution >= 0.6 is 0 Å². The lowest BCUT2D eigenvalue weighted by atomic mass is 9.78. The Morgan fingerprint density at radius 3 is 2.86 bits per heavy atom. The molecule has 0 aliphatic heterocycles. The molecule has 0 radical (unpaired) electrons. The van der Waals surface area contributed by atoms with E-state index >= 15 is 0 Å². The first-order valence-corrected chi connectivity index (χ1v) is 8.24. The zero-order valence-corrected chi connectivity index (χ0v) is 13.6. The largest absolute Gasteiger partial charge is 0.314 e. The van der Waals surface area contributed by atoms with Crippen molar-refractivity contribution in [1.82, 2.24) is 10.2 Å². The molecule has 1 aromatic carbocycles. The average Bonchev–Trinajstić information content (AvgIpc) is 2.42. The monoisotopic (exact) mass is 292 g/mol. The van der Waals surface area contributed by atoms with Gasteiger partial charge >= 0.3 is 0 Å². The Morgan fingerprint density at radius 2 is 2.14 bits per heavy atom. The second-order valence-electron chi connectivity index (χ2n) is 6.67. The number of hydrogen-bond donors (Lipinski definition) is 1. The van der Waals surface area contributed by atoms with Crippen LogP contribution in [0, 0.1) is 17.7 Å². The molecule has 1 aliphatic rings. The lowest BCUT2D eigenvalue weighted by Crippen LogP contribution is -2.44. The van der Waals surface area contributed by atoms with Gasteiger partial charge in [-0.1, -0.05) is 26.0 Å². The quantitative estimate of drug-likeness (QED) is 0.860. The molecule has 3 unspecified atom stereocenters. The van der Waals surface area contributed by atoms with E-state index in [2.05, 4.69) is 31.1 Å². The number of benzene rings is 1. The van der Waals surface area contributed by atoms with Gasteiger partial charge in [-0.3, -0.25) is 0 Å². The van der Waals surface area contributed by atoms with Crippen LogP contribution in [0.5, 0.6) is 0 Å². The summed E-state index contributed by atoms with van der Waals surface area (Å²) in [4.78, 5) is 2.34. The van der Waals surface area contributed by atoms with Gasteiger partial charge in [0.15, 0.2) is 0 Å². The summed E-state index contributed by atoms with van der Waals surface area (Å²) in [5.41, 5.74) is 1.06. The van der Waals surface area contributed by atoms with E-state index in [1.54, 1.807) is 12.1 Å². The van der Waals surface area contributed by atoms with Crippen molar-refractivity contribution >= 4 is 0 Å². The van der Waals surface area contributed by atoms with E-state index in [0.717, 1.165) is 31.1 Å². The summed E-state index contributed by atoms with van der Waals surface area (Å²) in [5, 5.41) is 3.65. The maximum absolute atomic E-state index is 13.3. The predicted octanol–water partition coefficient (Wildman–Crippen LogP) is 3.67. The molecule has 1 saturated carbocycles. The predicted molar refractivity (Wildman–Crippen MR) is 86.7 cm³/mol. The molecule has 3 heteroatoms. The smallest absolute Gasteiger partial charge is 0.123 e. The zero-order chi connectivity index (χ0) is 15.2. The highest BCUT2D eigenvalue weighted by molar-refractivity contribution is 5.16. The maximum atomic E-state index is 13.3. The molecule has 0 spiro atoms. The fourth-order valence-corrected chi connectivity index (χ4v) is 3.64. The minimum atomic E-state index is -0.141. The van der Waals surface area contributed by atoms with Gasteiger partial charge in [0.25, 0.3) is 0 Å². The summed E-state index contributed by atoms with van der Waals surface area (Å²) in [5.74, 6) is 1.39. The third-order valence-electron chi connectivity index (χ3n) is 4.60. The van der Waals surface area contributed by atoms with Gasteiger partial charge in [0.05, 0.1) is 0 Å². The first-order chi connectivity index (χ1) is 10.1. The van der Waals surface area contributed by atoms with Crippen LogP contribution in [0.4, 0.5) is 4.39 Å². The van der Waals surface area contributed by atoms with Crippen LogP contribution in [-0.4, -0.2) is 31.1 Å². The molecule has 0 heterocycles. The van der Waals surface area contributed by atoms with Crippen LogP contribution in [0.1, 0.15) is 38.7 Å². The van der Waals surface area contributed by atoms with E-state index in [9.17, 15) is 4.39 Å². The van der Waals surface area contributed by atoms with E-state index in [1.165, 1.54) is 25.3 Å². The molecule has 0 amide bonds. The normalized spacial score (nSPS) is 26.2. The molecular weight excluding hydrogens is 263 g/mol. The summed E-state index contributed by atoms with van der Waals surface area (Å²) < 4.78 is 13.3. The van der Waals surface area contributed by atoms with Crippen LogP contribution in [0.2, 0.25) is 0 Å². The fraction of sp³-hybridized carbons (Fsp3) is 0.667. The summed E-state index contributed by atoms with van der Waals surface area (Å²) in [7, 11) is 2.15. The Kier molecular flexibility index (Phi) is 6.19. The summed E-state index contributed by atoms with van der Waals surface area (Å²) >= 11 is 0. The van der Waals surface area contributed by atoms with Gasteiger partial charge in [-0.05, 0) is 62.4 Å². The van der Waals surface area contributed by atoms with Crippen LogP contribution in [0.3, 0.4) is 0 Å². The van der Waals surface area contributed by atoms with E-state index in [1.807, 2.05) is 6.07 Å². The average molecular weight is 292 g/mol. The minimum absolute atomic E-state index is 0.141. The summed E-state index contributed by atoms with van der Waals surface area (Å²) in [6.45, 7) is 7.50. The van der Waals surface area contributed by atoms with E-state index in [-0.39, 0.29) is 5.82 Å². The number of halogens is 1. The molecule has 2 rings (SSSR count). The first-order valence-electron chi connectivity index (χ1n) is 8.24. The van der Waals surface area contributed by atoms with Crippen molar-refractivity contribution in [1.29, 1.82) is 0 Å². The fourth-order valence-electron chi connectivity index (χ4n) is 3.64. The standard InChI is InChI=1S/C18H29FN2/c1-4-20-18-9-8-14(2)10-16(18)13-21(3)12-15-6-5-7-17(19)11-15/h5-7,11,14,16,18,20H,4,8-10,12-13H2,1-3H3. The Balaban J connectivity index is 1.91. The molecule has 1 N–H and O–H groups in total.